The maximum absolute atomic E-state index is 12.5. The average molecular weight is 410 g/mol. The molecule has 2 amide bonds. The number of rotatable bonds is 7. The van der Waals surface area contributed by atoms with Gasteiger partial charge in [-0.05, 0) is 55.1 Å². The Balaban J connectivity index is 1.22. The van der Waals surface area contributed by atoms with Crippen LogP contribution in [0.5, 0.6) is 0 Å². The SMILES string of the molecule is CC1CCN(Cc2ccc(CNC(=O)[C@@H]3CC(=O)N(Cc4ccco4)C3)cc2)CC1. The topological polar surface area (TPSA) is 65.8 Å². The standard InChI is InChI=1S/C24H31N3O3/c1-18-8-10-26(11-9-18)15-20-6-4-19(5-7-20)14-25-24(29)21-13-23(28)27(16-21)17-22-3-2-12-30-22/h2-7,12,18,21H,8-11,13-17H2,1H3,(H,25,29)/t21-/m1/s1. The monoisotopic (exact) mass is 409 g/mol. The molecule has 1 atom stereocenters. The molecule has 160 valence electrons. The molecular formula is C24H31N3O3. The predicted octanol–water partition coefficient (Wildman–Crippen LogP) is 3.18. The van der Waals surface area contributed by atoms with Crippen LogP contribution in [-0.2, 0) is 29.2 Å². The average Bonchev–Trinajstić information content (AvgIpc) is 3.39. The molecule has 1 N–H and O–H groups in total. The highest BCUT2D eigenvalue weighted by Crippen LogP contribution is 2.21. The van der Waals surface area contributed by atoms with E-state index in [1.165, 1.54) is 31.5 Å². The number of hydrogen-bond donors (Lipinski definition) is 1. The highest BCUT2D eigenvalue weighted by Gasteiger charge is 2.34. The smallest absolute Gasteiger partial charge is 0.225 e. The molecule has 4 rings (SSSR count). The summed E-state index contributed by atoms with van der Waals surface area (Å²) >= 11 is 0. The Kier molecular flexibility index (Phi) is 6.53. The number of piperidine rings is 1. The lowest BCUT2D eigenvalue weighted by molar-refractivity contribution is -0.129. The van der Waals surface area contributed by atoms with E-state index >= 15 is 0 Å². The van der Waals surface area contributed by atoms with Crippen molar-refractivity contribution in [3.8, 4) is 0 Å². The van der Waals surface area contributed by atoms with E-state index in [1.54, 1.807) is 17.2 Å². The number of nitrogens with one attached hydrogen (secondary N) is 1. The summed E-state index contributed by atoms with van der Waals surface area (Å²) < 4.78 is 5.31. The third kappa shape index (κ3) is 5.30. The Morgan fingerprint density at radius 1 is 1.10 bits per heavy atom. The lowest BCUT2D eigenvalue weighted by Gasteiger charge is -2.30. The van der Waals surface area contributed by atoms with Crippen LogP contribution in [-0.4, -0.2) is 41.2 Å². The first kappa shape index (κ1) is 20.7. The van der Waals surface area contributed by atoms with Gasteiger partial charge in [0.05, 0.1) is 18.7 Å². The van der Waals surface area contributed by atoms with Crippen molar-refractivity contribution in [3.05, 3.63) is 59.5 Å². The van der Waals surface area contributed by atoms with Crippen molar-refractivity contribution in [2.45, 2.75) is 45.8 Å². The molecule has 6 heteroatoms. The van der Waals surface area contributed by atoms with Gasteiger partial charge < -0.3 is 14.6 Å². The minimum absolute atomic E-state index is 0.00279. The van der Waals surface area contributed by atoms with Crippen LogP contribution in [0.1, 0.15) is 43.1 Å². The molecule has 0 unspecified atom stereocenters. The maximum atomic E-state index is 12.5. The lowest BCUT2D eigenvalue weighted by Crippen LogP contribution is -2.32. The zero-order valence-electron chi connectivity index (χ0n) is 17.7. The van der Waals surface area contributed by atoms with Crippen molar-refractivity contribution in [2.24, 2.45) is 11.8 Å². The van der Waals surface area contributed by atoms with Gasteiger partial charge in [-0.1, -0.05) is 31.2 Å². The van der Waals surface area contributed by atoms with Crippen molar-refractivity contribution < 1.29 is 14.0 Å². The molecule has 0 saturated carbocycles. The van der Waals surface area contributed by atoms with Crippen LogP contribution in [0.3, 0.4) is 0 Å². The van der Waals surface area contributed by atoms with Crippen LogP contribution in [0.25, 0.3) is 0 Å². The van der Waals surface area contributed by atoms with Crippen LogP contribution in [0.2, 0.25) is 0 Å². The second-order valence-electron chi connectivity index (χ2n) is 8.75. The number of furan rings is 1. The second-order valence-corrected chi connectivity index (χ2v) is 8.75. The molecule has 0 bridgehead atoms. The molecule has 0 aliphatic carbocycles. The molecule has 2 saturated heterocycles. The molecule has 3 heterocycles. The van der Waals surface area contributed by atoms with Crippen molar-refractivity contribution in [1.29, 1.82) is 0 Å². The highest BCUT2D eigenvalue weighted by atomic mass is 16.3. The number of amides is 2. The fraction of sp³-hybridized carbons (Fsp3) is 0.500. The summed E-state index contributed by atoms with van der Waals surface area (Å²) in [5.74, 6) is 1.23. The van der Waals surface area contributed by atoms with Gasteiger partial charge in [-0.25, -0.2) is 0 Å². The van der Waals surface area contributed by atoms with E-state index in [9.17, 15) is 9.59 Å². The van der Waals surface area contributed by atoms with E-state index in [0.29, 0.717) is 19.6 Å². The van der Waals surface area contributed by atoms with E-state index in [-0.39, 0.29) is 24.2 Å². The van der Waals surface area contributed by atoms with E-state index in [2.05, 4.69) is 41.4 Å². The fourth-order valence-electron chi connectivity index (χ4n) is 4.27. The molecule has 1 aromatic heterocycles. The summed E-state index contributed by atoms with van der Waals surface area (Å²) in [6, 6.07) is 12.1. The molecule has 1 aromatic carbocycles. The number of carbonyl (C=O) groups excluding carboxylic acids is 2. The van der Waals surface area contributed by atoms with Gasteiger partial charge in [-0.3, -0.25) is 14.5 Å². The molecule has 2 aliphatic heterocycles. The van der Waals surface area contributed by atoms with E-state index in [4.69, 9.17) is 4.42 Å². The van der Waals surface area contributed by atoms with Gasteiger partial charge in [-0.2, -0.15) is 0 Å². The summed E-state index contributed by atoms with van der Waals surface area (Å²) in [6.45, 7) is 7.04. The third-order valence-electron chi connectivity index (χ3n) is 6.28. The van der Waals surface area contributed by atoms with E-state index in [0.717, 1.165) is 23.8 Å². The van der Waals surface area contributed by atoms with Crippen LogP contribution in [0.15, 0.2) is 47.1 Å². The first-order valence-electron chi connectivity index (χ1n) is 10.9. The molecule has 6 nitrogen and oxygen atoms in total. The van der Waals surface area contributed by atoms with Crippen LogP contribution >= 0.6 is 0 Å². The molecule has 2 fully saturated rings. The van der Waals surface area contributed by atoms with Crippen LogP contribution in [0, 0.1) is 11.8 Å². The number of likely N-dealkylation sites (tertiary alicyclic amines) is 2. The Bertz CT molecular complexity index is 839. The van der Waals surface area contributed by atoms with E-state index < -0.39 is 0 Å². The Hall–Kier alpha value is -2.60. The van der Waals surface area contributed by atoms with Gasteiger partial charge in [0.2, 0.25) is 11.8 Å². The molecule has 30 heavy (non-hydrogen) atoms. The Morgan fingerprint density at radius 3 is 2.53 bits per heavy atom. The third-order valence-corrected chi connectivity index (χ3v) is 6.28. The van der Waals surface area contributed by atoms with Gasteiger partial charge in [0.25, 0.3) is 0 Å². The maximum Gasteiger partial charge on any atom is 0.225 e. The first-order chi connectivity index (χ1) is 14.6. The zero-order chi connectivity index (χ0) is 20.9. The van der Waals surface area contributed by atoms with Crippen LogP contribution in [0.4, 0.5) is 0 Å². The summed E-state index contributed by atoms with van der Waals surface area (Å²) in [7, 11) is 0. The molecule has 0 radical (unpaired) electrons. The minimum atomic E-state index is -0.298. The van der Waals surface area contributed by atoms with Gasteiger partial charge in [-0.15, -0.1) is 0 Å². The molecule has 2 aromatic rings. The van der Waals surface area contributed by atoms with Gasteiger partial charge in [0, 0.05) is 26.1 Å². The summed E-state index contributed by atoms with van der Waals surface area (Å²) in [5.41, 5.74) is 2.39. The Labute approximate surface area is 178 Å². The van der Waals surface area contributed by atoms with Crippen molar-refractivity contribution in [2.75, 3.05) is 19.6 Å². The summed E-state index contributed by atoms with van der Waals surface area (Å²) in [6.07, 6.45) is 4.43. The van der Waals surface area contributed by atoms with Gasteiger partial charge in [0.1, 0.15) is 5.76 Å². The van der Waals surface area contributed by atoms with Crippen LogP contribution < -0.4 is 5.32 Å². The number of benzene rings is 1. The predicted molar refractivity (Wildman–Crippen MR) is 114 cm³/mol. The number of nitrogens with zero attached hydrogens (tertiary/aromatic N) is 2. The molecule has 2 aliphatic rings. The number of hydrogen-bond acceptors (Lipinski definition) is 4. The highest BCUT2D eigenvalue weighted by molar-refractivity contribution is 5.89. The second kappa shape index (κ2) is 9.47. The summed E-state index contributed by atoms with van der Waals surface area (Å²) in [4.78, 5) is 29.0. The fourth-order valence-corrected chi connectivity index (χ4v) is 4.27. The quantitative estimate of drug-likeness (QED) is 0.763. The van der Waals surface area contributed by atoms with E-state index in [1.807, 2.05) is 6.07 Å². The Morgan fingerprint density at radius 2 is 1.83 bits per heavy atom. The minimum Gasteiger partial charge on any atom is -0.467 e. The summed E-state index contributed by atoms with van der Waals surface area (Å²) in [5, 5.41) is 2.99. The van der Waals surface area contributed by atoms with Gasteiger partial charge >= 0.3 is 0 Å². The van der Waals surface area contributed by atoms with Crippen molar-refractivity contribution in [3.63, 3.8) is 0 Å². The lowest BCUT2D eigenvalue weighted by atomic mass is 9.99. The van der Waals surface area contributed by atoms with Crippen molar-refractivity contribution in [1.82, 2.24) is 15.1 Å². The number of carbonyl (C=O) groups is 2. The zero-order valence-corrected chi connectivity index (χ0v) is 17.7. The first-order valence-corrected chi connectivity index (χ1v) is 10.9. The molecule has 0 spiro atoms. The largest absolute Gasteiger partial charge is 0.467 e. The molecular weight excluding hydrogens is 378 g/mol. The normalized spacial score (nSPS) is 20.6. The van der Waals surface area contributed by atoms with Gasteiger partial charge in [0.15, 0.2) is 0 Å². The van der Waals surface area contributed by atoms with Crippen molar-refractivity contribution >= 4 is 11.8 Å².